The summed E-state index contributed by atoms with van der Waals surface area (Å²) < 4.78 is 7.32. The Balaban J connectivity index is 2.26. The SMILES string of the molecule is CC(=O)OCc1c(C)cc(C)c(CN[C@@H](c2nccn2C)C(C)C)c1C. The summed E-state index contributed by atoms with van der Waals surface area (Å²) in [7, 11) is 2.03. The van der Waals surface area contributed by atoms with Crippen molar-refractivity contribution in [1.29, 1.82) is 0 Å². The Kier molecular flexibility index (Phi) is 6.59. The number of aromatic nitrogens is 2. The minimum Gasteiger partial charge on any atom is -0.461 e. The largest absolute Gasteiger partial charge is 0.461 e. The second-order valence-electron chi connectivity index (χ2n) is 7.37. The Morgan fingerprint density at radius 2 is 1.88 bits per heavy atom. The summed E-state index contributed by atoms with van der Waals surface area (Å²) in [5.41, 5.74) is 5.97. The molecule has 5 nitrogen and oxygen atoms in total. The Labute approximate surface area is 156 Å². The number of nitrogens with zero attached hydrogens (tertiary/aromatic N) is 2. The minimum atomic E-state index is -0.251. The zero-order valence-corrected chi connectivity index (χ0v) is 17.0. The van der Waals surface area contributed by atoms with E-state index in [1.165, 1.54) is 23.6 Å². The van der Waals surface area contributed by atoms with E-state index in [-0.39, 0.29) is 12.0 Å². The Morgan fingerprint density at radius 1 is 1.23 bits per heavy atom. The number of benzene rings is 1. The molecule has 0 aliphatic rings. The lowest BCUT2D eigenvalue weighted by Crippen LogP contribution is -2.28. The molecular weight excluding hydrogens is 326 g/mol. The molecule has 0 aliphatic heterocycles. The molecule has 142 valence electrons. The first-order valence-corrected chi connectivity index (χ1v) is 9.14. The minimum absolute atomic E-state index is 0.173. The van der Waals surface area contributed by atoms with Gasteiger partial charge in [-0.05, 0) is 54.5 Å². The number of esters is 1. The Bertz CT molecular complexity index is 778. The van der Waals surface area contributed by atoms with Gasteiger partial charge in [0.05, 0.1) is 6.04 Å². The highest BCUT2D eigenvalue weighted by atomic mass is 16.5. The Hall–Kier alpha value is -2.14. The summed E-state index contributed by atoms with van der Waals surface area (Å²) in [5, 5.41) is 3.68. The highest BCUT2D eigenvalue weighted by molar-refractivity contribution is 5.66. The number of imidazole rings is 1. The van der Waals surface area contributed by atoms with E-state index >= 15 is 0 Å². The average molecular weight is 357 g/mol. The second kappa shape index (κ2) is 8.49. The first-order chi connectivity index (χ1) is 12.2. The molecule has 0 saturated heterocycles. The van der Waals surface area contributed by atoms with Crippen LogP contribution in [0.1, 0.15) is 60.5 Å². The molecular formula is C21H31N3O2. The van der Waals surface area contributed by atoms with Gasteiger partial charge >= 0.3 is 5.97 Å². The molecule has 2 aromatic rings. The van der Waals surface area contributed by atoms with Gasteiger partial charge in [0.1, 0.15) is 12.4 Å². The molecule has 1 N–H and O–H groups in total. The van der Waals surface area contributed by atoms with E-state index < -0.39 is 0 Å². The second-order valence-corrected chi connectivity index (χ2v) is 7.37. The van der Waals surface area contributed by atoms with Gasteiger partial charge < -0.3 is 14.6 Å². The summed E-state index contributed by atoms with van der Waals surface area (Å²) in [6, 6.07) is 2.35. The van der Waals surface area contributed by atoms with Crippen LogP contribution in [0.5, 0.6) is 0 Å². The van der Waals surface area contributed by atoms with Crippen LogP contribution in [0.4, 0.5) is 0 Å². The van der Waals surface area contributed by atoms with Crippen LogP contribution in [0, 0.1) is 26.7 Å². The third-order valence-electron chi connectivity index (χ3n) is 5.01. The van der Waals surface area contributed by atoms with Gasteiger partial charge in [0.15, 0.2) is 0 Å². The zero-order chi connectivity index (χ0) is 19.4. The van der Waals surface area contributed by atoms with E-state index in [2.05, 4.69) is 55.6 Å². The number of hydrogen-bond acceptors (Lipinski definition) is 4. The van der Waals surface area contributed by atoms with Crippen molar-refractivity contribution in [3.8, 4) is 0 Å². The quantitative estimate of drug-likeness (QED) is 0.764. The number of hydrogen-bond donors (Lipinski definition) is 1. The first kappa shape index (κ1) is 20.2. The van der Waals surface area contributed by atoms with Crippen LogP contribution in [0.2, 0.25) is 0 Å². The summed E-state index contributed by atoms with van der Waals surface area (Å²) >= 11 is 0. The van der Waals surface area contributed by atoms with Crippen LogP contribution < -0.4 is 5.32 Å². The van der Waals surface area contributed by atoms with Crippen LogP contribution in [-0.4, -0.2) is 15.5 Å². The third kappa shape index (κ3) is 4.52. The van der Waals surface area contributed by atoms with Crippen LogP contribution in [0.3, 0.4) is 0 Å². The van der Waals surface area contributed by atoms with E-state index in [1.54, 1.807) is 0 Å². The molecule has 0 radical (unpaired) electrons. The number of rotatable bonds is 7. The maximum absolute atomic E-state index is 11.2. The van der Waals surface area contributed by atoms with E-state index in [0.717, 1.165) is 23.5 Å². The number of carbonyl (C=O) groups is 1. The fourth-order valence-electron chi connectivity index (χ4n) is 3.45. The zero-order valence-electron chi connectivity index (χ0n) is 17.0. The lowest BCUT2D eigenvalue weighted by molar-refractivity contribution is -0.142. The molecule has 0 spiro atoms. The summed E-state index contributed by atoms with van der Waals surface area (Å²) in [5.74, 6) is 1.21. The van der Waals surface area contributed by atoms with Gasteiger partial charge in [0.25, 0.3) is 0 Å². The molecule has 1 heterocycles. The molecule has 0 bridgehead atoms. The van der Waals surface area contributed by atoms with Crippen molar-refractivity contribution in [2.45, 2.75) is 60.7 Å². The summed E-state index contributed by atoms with van der Waals surface area (Å²) in [4.78, 5) is 15.7. The van der Waals surface area contributed by atoms with Gasteiger partial charge in [-0.25, -0.2) is 4.98 Å². The molecule has 0 unspecified atom stereocenters. The predicted molar refractivity (Wildman–Crippen MR) is 104 cm³/mol. The predicted octanol–water partition coefficient (Wildman–Crippen LogP) is 3.90. The molecule has 0 saturated carbocycles. The highest BCUT2D eigenvalue weighted by Gasteiger charge is 2.20. The molecule has 0 aliphatic carbocycles. The summed E-state index contributed by atoms with van der Waals surface area (Å²) in [6.45, 7) is 13.2. The van der Waals surface area contributed by atoms with Crippen LogP contribution in [-0.2, 0) is 29.7 Å². The van der Waals surface area contributed by atoms with Gasteiger partial charge in [-0.1, -0.05) is 19.9 Å². The smallest absolute Gasteiger partial charge is 0.302 e. The molecule has 26 heavy (non-hydrogen) atoms. The summed E-state index contributed by atoms with van der Waals surface area (Å²) in [6.07, 6.45) is 3.82. The average Bonchev–Trinajstić information content (AvgIpc) is 2.95. The highest BCUT2D eigenvalue weighted by Crippen LogP contribution is 2.25. The molecule has 2 rings (SSSR count). The van der Waals surface area contributed by atoms with Gasteiger partial charge in [-0.15, -0.1) is 0 Å². The lowest BCUT2D eigenvalue weighted by atomic mass is 9.93. The van der Waals surface area contributed by atoms with Crippen molar-refractivity contribution in [2.24, 2.45) is 13.0 Å². The molecule has 1 aromatic heterocycles. The van der Waals surface area contributed by atoms with Crippen molar-refractivity contribution in [1.82, 2.24) is 14.9 Å². The molecule has 0 fully saturated rings. The van der Waals surface area contributed by atoms with Crippen molar-refractivity contribution in [3.63, 3.8) is 0 Å². The monoisotopic (exact) mass is 357 g/mol. The topological polar surface area (TPSA) is 56.1 Å². The lowest BCUT2D eigenvalue weighted by Gasteiger charge is -2.24. The van der Waals surface area contributed by atoms with Crippen molar-refractivity contribution in [3.05, 3.63) is 52.1 Å². The molecule has 1 atom stereocenters. The van der Waals surface area contributed by atoms with Crippen molar-refractivity contribution in [2.75, 3.05) is 0 Å². The molecule has 5 heteroatoms. The van der Waals surface area contributed by atoms with Crippen LogP contribution >= 0.6 is 0 Å². The van der Waals surface area contributed by atoms with Gasteiger partial charge in [0.2, 0.25) is 0 Å². The van der Waals surface area contributed by atoms with E-state index in [9.17, 15) is 4.79 Å². The fraction of sp³-hybridized carbons (Fsp3) is 0.524. The number of aryl methyl sites for hydroxylation is 3. The van der Waals surface area contributed by atoms with Gasteiger partial charge in [-0.3, -0.25) is 4.79 Å². The van der Waals surface area contributed by atoms with Gasteiger partial charge in [-0.2, -0.15) is 0 Å². The van der Waals surface area contributed by atoms with E-state index in [4.69, 9.17) is 4.74 Å². The standard InChI is InChI=1S/C21H31N3O2/c1-13(2)20(21-22-8-9-24(21)7)23-11-18-14(3)10-15(4)19(16(18)5)12-26-17(6)25/h8-10,13,20,23H,11-12H2,1-7H3/t20-/m1/s1. The molecule has 1 aromatic carbocycles. The normalized spacial score (nSPS) is 12.5. The van der Waals surface area contributed by atoms with Gasteiger partial charge in [0, 0.05) is 32.9 Å². The first-order valence-electron chi connectivity index (χ1n) is 9.14. The van der Waals surface area contributed by atoms with Crippen LogP contribution in [0.25, 0.3) is 0 Å². The van der Waals surface area contributed by atoms with Crippen LogP contribution in [0.15, 0.2) is 18.5 Å². The number of nitrogens with one attached hydrogen (secondary N) is 1. The van der Waals surface area contributed by atoms with E-state index in [0.29, 0.717) is 12.5 Å². The van der Waals surface area contributed by atoms with Crippen molar-refractivity contribution < 1.29 is 9.53 Å². The van der Waals surface area contributed by atoms with E-state index in [1.807, 2.05) is 19.4 Å². The number of carbonyl (C=O) groups excluding carboxylic acids is 1. The van der Waals surface area contributed by atoms with Crippen molar-refractivity contribution >= 4 is 5.97 Å². The number of ether oxygens (including phenoxy) is 1. The fourth-order valence-corrected chi connectivity index (χ4v) is 3.45. The Morgan fingerprint density at radius 3 is 2.42 bits per heavy atom. The third-order valence-corrected chi connectivity index (χ3v) is 5.01. The maximum atomic E-state index is 11.2. The maximum Gasteiger partial charge on any atom is 0.302 e. The molecule has 0 amide bonds.